The minimum Gasteiger partial charge on any atom is -0.493 e. The first kappa shape index (κ1) is 24.0. The normalized spacial score (nSPS) is 16.7. The van der Waals surface area contributed by atoms with Crippen molar-refractivity contribution in [2.45, 2.75) is 12.0 Å². The van der Waals surface area contributed by atoms with Gasteiger partial charge in [0.2, 0.25) is 11.8 Å². The predicted octanol–water partition coefficient (Wildman–Crippen LogP) is 3.12. The van der Waals surface area contributed by atoms with E-state index in [1.165, 1.54) is 11.0 Å². The number of likely N-dealkylation sites (N-methyl/N-ethyl adjacent to an activating group) is 2. The van der Waals surface area contributed by atoms with Crippen molar-refractivity contribution in [1.82, 2.24) is 9.80 Å². The summed E-state index contributed by atoms with van der Waals surface area (Å²) in [5.41, 5.74) is 2.20. The Morgan fingerprint density at radius 3 is 2.12 bits per heavy atom. The molecule has 0 bridgehead atoms. The molecule has 2 unspecified atom stereocenters. The van der Waals surface area contributed by atoms with Crippen molar-refractivity contribution in [2.24, 2.45) is 0 Å². The van der Waals surface area contributed by atoms with Crippen molar-refractivity contribution < 1.29 is 28.5 Å². The molecule has 2 aromatic carbocycles. The van der Waals surface area contributed by atoms with Gasteiger partial charge in [-0.15, -0.1) is 0 Å². The van der Waals surface area contributed by atoms with Gasteiger partial charge in [-0.1, -0.05) is 6.07 Å². The Morgan fingerprint density at radius 2 is 1.55 bits per heavy atom. The van der Waals surface area contributed by atoms with Crippen molar-refractivity contribution in [3.8, 4) is 23.0 Å². The molecule has 0 saturated carbocycles. The molecule has 2 atom stereocenters. The molecule has 3 rings (SSSR count). The second-order valence-electron chi connectivity index (χ2n) is 8.07. The molecule has 0 fully saturated rings. The first-order valence-corrected chi connectivity index (χ1v) is 10.4. The third-order valence-corrected chi connectivity index (χ3v) is 5.51. The van der Waals surface area contributed by atoms with Gasteiger partial charge in [-0.3, -0.25) is 9.59 Å². The molecule has 1 heterocycles. The molecule has 0 N–H and O–H groups in total. The van der Waals surface area contributed by atoms with Gasteiger partial charge in [0.1, 0.15) is 12.0 Å². The minimum absolute atomic E-state index is 0.110. The summed E-state index contributed by atoms with van der Waals surface area (Å²) >= 11 is 0. The van der Waals surface area contributed by atoms with Gasteiger partial charge < -0.3 is 28.7 Å². The Bertz CT molecular complexity index is 1080. The van der Waals surface area contributed by atoms with E-state index in [9.17, 15) is 9.59 Å². The smallest absolute Gasteiger partial charge is 0.246 e. The highest BCUT2D eigenvalue weighted by molar-refractivity contribution is 5.92. The number of hydrogen-bond acceptors (Lipinski definition) is 6. The van der Waals surface area contributed by atoms with E-state index in [1.54, 1.807) is 72.6 Å². The van der Waals surface area contributed by atoms with Gasteiger partial charge in [0.05, 0.1) is 21.3 Å². The van der Waals surface area contributed by atoms with Gasteiger partial charge in [0.25, 0.3) is 0 Å². The van der Waals surface area contributed by atoms with E-state index in [4.69, 9.17) is 18.9 Å². The number of nitrogens with zero attached hydrogens (tertiary/aromatic N) is 2. The molecule has 0 radical (unpaired) electrons. The molecular formula is C25H30N2O6. The van der Waals surface area contributed by atoms with Crippen LogP contribution in [-0.2, 0) is 9.59 Å². The van der Waals surface area contributed by atoms with E-state index in [-0.39, 0.29) is 11.8 Å². The van der Waals surface area contributed by atoms with Gasteiger partial charge in [0.15, 0.2) is 23.0 Å². The lowest BCUT2D eigenvalue weighted by molar-refractivity contribution is -0.131. The zero-order valence-electron chi connectivity index (χ0n) is 20.0. The van der Waals surface area contributed by atoms with E-state index >= 15 is 0 Å². The fourth-order valence-corrected chi connectivity index (χ4v) is 3.76. The highest BCUT2D eigenvalue weighted by atomic mass is 16.5. The van der Waals surface area contributed by atoms with Crippen molar-refractivity contribution in [2.75, 3.05) is 49.5 Å². The van der Waals surface area contributed by atoms with Crippen LogP contribution in [0.3, 0.4) is 0 Å². The SMILES string of the molecule is COc1ccc(C2Oc3c(OC)cc(/C=C/C(=O)N(C)C)cc3C2C(=O)N(C)C)cc1OC. The second-order valence-corrected chi connectivity index (χ2v) is 8.07. The fraction of sp³-hybridized carbons (Fsp3) is 0.360. The first-order valence-electron chi connectivity index (χ1n) is 10.4. The molecule has 1 aliphatic heterocycles. The molecular weight excluding hydrogens is 424 g/mol. The van der Waals surface area contributed by atoms with Gasteiger partial charge in [-0.05, 0) is 41.5 Å². The Kier molecular flexibility index (Phi) is 7.16. The van der Waals surface area contributed by atoms with Gasteiger partial charge in [-0.2, -0.15) is 0 Å². The molecule has 176 valence electrons. The monoisotopic (exact) mass is 454 g/mol. The summed E-state index contributed by atoms with van der Waals surface area (Å²) in [5.74, 6) is 1.26. The van der Waals surface area contributed by atoms with Crippen LogP contribution in [0, 0.1) is 0 Å². The highest BCUT2D eigenvalue weighted by Crippen LogP contribution is 2.52. The van der Waals surface area contributed by atoms with Gasteiger partial charge in [0, 0.05) is 39.8 Å². The van der Waals surface area contributed by atoms with Crippen LogP contribution in [0.15, 0.2) is 36.4 Å². The summed E-state index contributed by atoms with van der Waals surface area (Å²) in [6, 6.07) is 9.11. The largest absolute Gasteiger partial charge is 0.493 e. The number of fused-ring (bicyclic) bond motifs is 1. The molecule has 2 amide bonds. The molecule has 33 heavy (non-hydrogen) atoms. The van der Waals surface area contributed by atoms with Crippen LogP contribution in [-0.4, -0.2) is 71.1 Å². The highest BCUT2D eigenvalue weighted by Gasteiger charge is 2.43. The molecule has 0 aromatic heterocycles. The van der Waals surface area contributed by atoms with Gasteiger partial charge in [-0.25, -0.2) is 0 Å². The lowest BCUT2D eigenvalue weighted by atomic mass is 9.88. The quantitative estimate of drug-likeness (QED) is 0.599. The zero-order valence-corrected chi connectivity index (χ0v) is 20.0. The molecule has 0 spiro atoms. The third-order valence-electron chi connectivity index (χ3n) is 5.51. The third kappa shape index (κ3) is 4.74. The molecule has 2 aromatic rings. The van der Waals surface area contributed by atoms with Crippen molar-refractivity contribution in [1.29, 1.82) is 0 Å². The topological polar surface area (TPSA) is 77.5 Å². The van der Waals surface area contributed by atoms with E-state index < -0.39 is 12.0 Å². The van der Waals surface area contributed by atoms with Crippen LogP contribution in [0.2, 0.25) is 0 Å². The number of hydrogen-bond donors (Lipinski definition) is 0. The van der Waals surface area contributed by atoms with Crippen LogP contribution in [0.25, 0.3) is 6.08 Å². The van der Waals surface area contributed by atoms with Crippen molar-refractivity contribution >= 4 is 17.9 Å². The maximum Gasteiger partial charge on any atom is 0.246 e. The zero-order chi connectivity index (χ0) is 24.3. The van der Waals surface area contributed by atoms with Crippen molar-refractivity contribution in [3.63, 3.8) is 0 Å². The Labute approximate surface area is 194 Å². The number of methoxy groups -OCH3 is 3. The number of amides is 2. The van der Waals surface area contributed by atoms with Crippen LogP contribution < -0.4 is 18.9 Å². The second kappa shape index (κ2) is 9.85. The molecule has 0 saturated heterocycles. The first-order chi connectivity index (χ1) is 15.7. The van der Waals surface area contributed by atoms with Crippen LogP contribution >= 0.6 is 0 Å². The lowest BCUT2D eigenvalue weighted by Gasteiger charge is -2.23. The maximum atomic E-state index is 13.3. The van der Waals surface area contributed by atoms with E-state index in [0.717, 1.165) is 11.1 Å². The standard InChI is InChI=1S/C25H30N2O6/c1-26(2)21(28)11-8-15-12-17-22(25(29)27(3)4)23(33-24(17)20(13-15)32-7)16-9-10-18(30-5)19(14-16)31-6/h8-14,22-23H,1-7H3/b11-8+. The Morgan fingerprint density at radius 1 is 0.879 bits per heavy atom. The molecule has 8 nitrogen and oxygen atoms in total. The molecule has 8 heteroatoms. The van der Waals surface area contributed by atoms with Crippen LogP contribution in [0.1, 0.15) is 28.7 Å². The van der Waals surface area contributed by atoms with E-state index in [0.29, 0.717) is 28.6 Å². The summed E-state index contributed by atoms with van der Waals surface area (Å²) in [6.45, 7) is 0. The Balaban J connectivity index is 2.12. The number of ether oxygens (including phenoxy) is 4. The van der Waals surface area contributed by atoms with E-state index in [1.807, 2.05) is 18.2 Å². The average molecular weight is 455 g/mol. The number of benzene rings is 2. The summed E-state index contributed by atoms with van der Waals surface area (Å²) in [5, 5.41) is 0. The molecule has 0 aliphatic carbocycles. The van der Waals surface area contributed by atoms with Gasteiger partial charge >= 0.3 is 0 Å². The maximum absolute atomic E-state index is 13.3. The summed E-state index contributed by atoms with van der Waals surface area (Å²) in [6.07, 6.45) is 2.59. The van der Waals surface area contributed by atoms with Crippen molar-refractivity contribution in [3.05, 3.63) is 53.1 Å². The summed E-state index contributed by atoms with van der Waals surface area (Å²) in [4.78, 5) is 28.3. The number of carbonyl (C=O) groups is 2. The average Bonchev–Trinajstić information content (AvgIpc) is 3.19. The molecule has 1 aliphatic rings. The van der Waals surface area contributed by atoms with Crippen LogP contribution in [0.5, 0.6) is 23.0 Å². The fourth-order valence-electron chi connectivity index (χ4n) is 3.76. The summed E-state index contributed by atoms with van der Waals surface area (Å²) < 4.78 is 22.7. The summed E-state index contributed by atoms with van der Waals surface area (Å²) in [7, 11) is 11.5. The van der Waals surface area contributed by atoms with E-state index in [2.05, 4.69) is 0 Å². The number of rotatable bonds is 7. The Hall–Kier alpha value is -3.68. The minimum atomic E-state index is -0.611. The van der Waals surface area contributed by atoms with Crippen LogP contribution in [0.4, 0.5) is 0 Å². The number of carbonyl (C=O) groups excluding carboxylic acids is 2. The lowest BCUT2D eigenvalue weighted by Crippen LogP contribution is -2.30. The predicted molar refractivity (Wildman–Crippen MR) is 125 cm³/mol.